The number of benzene rings is 1. The van der Waals surface area contributed by atoms with Gasteiger partial charge >= 0.3 is 0 Å². The van der Waals surface area contributed by atoms with Crippen molar-refractivity contribution in [2.24, 2.45) is 11.7 Å². The maximum atomic E-state index is 9.94. The van der Waals surface area contributed by atoms with E-state index in [1.807, 2.05) is 13.8 Å². The number of nitrogens with two attached hydrogens (primary N) is 1. The van der Waals surface area contributed by atoms with Crippen molar-refractivity contribution < 1.29 is 15.3 Å². The monoisotopic (exact) mass is 225 g/mol. The van der Waals surface area contributed by atoms with E-state index in [4.69, 9.17) is 5.73 Å². The normalized spacial score (nSPS) is 16.8. The molecule has 0 spiro atoms. The van der Waals surface area contributed by atoms with Crippen LogP contribution in [0, 0.1) is 5.92 Å². The van der Waals surface area contributed by atoms with Crippen molar-refractivity contribution in [1.29, 1.82) is 0 Å². The molecule has 90 valence electrons. The third-order valence-corrected chi connectivity index (χ3v) is 2.97. The largest absolute Gasteiger partial charge is 0.508 e. The fraction of sp³-hybridized carbons (Fsp3) is 0.500. The van der Waals surface area contributed by atoms with Gasteiger partial charge in [0.05, 0.1) is 12.1 Å². The van der Waals surface area contributed by atoms with Crippen LogP contribution in [0.3, 0.4) is 0 Å². The summed E-state index contributed by atoms with van der Waals surface area (Å²) in [5.41, 5.74) is 6.23. The van der Waals surface area contributed by atoms with Gasteiger partial charge in [-0.1, -0.05) is 20.3 Å². The molecule has 0 aliphatic rings. The van der Waals surface area contributed by atoms with Gasteiger partial charge in [0.15, 0.2) is 0 Å². The summed E-state index contributed by atoms with van der Waals surface area (Å²) in [4.78, 5) is 0. The molecule has 0 fully saturated rings. The molecule has 0 aromatic heterocycles. The lowest BCUT2D eigenvalue weighted by Gasteiger charge is -2.24. The van der Waals surface area contributed by atoms with Crippen molar-refractivity contribution in [1.82, 2.24) is 0 Å². The van der Waals surface area contributed by atoms with Crippen molar-refractivity contribution in [2.75, 3.05) is 0 Å². The van der Waals surface area contributed by atoms with Crippen molar-refractivity contribution in [3.8, 4) is 11.5 Å². The highest BCUT2D eigenvalue weighted by Crippen LogP contribution is 2.30. The first-order valence-corrected chi connectivity index (χ1v) is 5.42. The van der Waals surface area contributed by atoms with E-state index in [1.165, 1.54) is 18.2 Å². The first kappa shape index (κ1) is 12.8. The summed E-state index contributed by atoms with van der Waals surface area (Å²) in [6.07, 6.45) is 0.0618. The predicted molar refractivity (Wildman–Crippen MR) is 62.2 cm³/mol. The van der Waals surface area contributed by atoms with Crippen LogP contribution in [0.5, 0.6) is 11.5 Å². The third-order valence-electron chi connectivity index (χ3n) is 2.97. The summed E-state index contributed by atoms with van der Waals surface area (Å²) in [6.45, 7) is 3.85. The molecule has 1 aromatic carbocycles. The maximum Gasteiger partial charge on any atom is 0.120 e. The van der Waals surface area contributed by atoms with E-state index in [0.29, 0.717) is 5.56 Å². The molecule has 0 saturated heterocycles. The van der Waals surface area contributed by atoms with Crippen LogP contribution in [0.4, 0.5) is 0 Å². The number of aliphatic hydroxyl groups excluding tert-OH is 1. The Labute approximate surface area is 95.3 Å². The second kappa shape index (κ2) is 5.18. The minimum absolute atomic E-state index is 0.00680. The van der Waals surface area contributed by atoms with Crippen LogP contribution < -0.4 is 5.73 Å². The van der Waals surface area contributed by atoms with Crippen LogP contribution >= 0.6 is 0 Å². The summed E-state index contributed by atoms with van der Waals surface area (Å²) in [7, 11) is 0. The molecule has 4 nitrogen and oxygen atoms in total. The zero-order valence-electron chi connectivity index (χ0n) is 9.59. The van der Waals surface area contributed by atoms with Crippen LogP contribution in [0.15, 0.2) is 18.2 Å². The molecule has 1 aromatic rings. The van der Waals surface area contributed by atoms with Gasteiger partial charge in [0, 0.05) is 5.56 Å². The molecule has 4 heteroatoms. The Morgan fingerprint density at radius 2 is 1.94 bits per heavy atom. The van der Waals surface area contributed by atoms with Gasteiger partial charge in [-0.3, -0.25) is 0 Å². The molecule has 0 saturated carbocycles. The smallest absolute Gasteiger partial charge is 0.120 e. The number of rotatable bonds is 4. The van der Waals surface area contributed by atoms with Crippen molar-refractivity contribution in [3.63, 3.8) is 0 Å². The topological polar surface area (TPSA) is 86.7 Å². The highest BCUT2D eigenvalue weighted by Gasteiger charge is 2.24. The first-order valence-electron chi connectivity index (χ1n) is 5.42. The molecule has 0 bridgehead atoms. The van der Waals surface area contributed by atoms with E-state index in [9.17, 15) is 15.3 Å². The molecule has 0 aliphatic carbocycles. The van der Waals surface area contributed by atoms with E-state index in [0.717, 1.165) is 6.42 Å². The molecular formula is C12H19NO3. The summed E-state index contributed by atoms with van der Waals surface area (Å²) in [5.74, 6) is 0.0593. The highest BCUT2D eigenvalue weighted by molar-refractivity contribution is 5.41. The number of aliphatic hydroxyl groups is 1. The number of phenols is 2. The van der Waals surface area contributed by atoms with Crippen LogP contribution in [0.2, 0.25) is 0 Å². The number of hydrogen-bond acceptors (Lipinski definition) is 4. The van der Waals surface area contributed by atoms with Gasteiger partial charge in [-0.25, -0.2) is 0 Å². The molecule has 16 heavy (non-hydrogen) atoms. The third kappa shape index (κ3) is 2.65. The summed E-state index contributed by atoms with van der Waals surface area (Å²) < 4.78 is 0. The van der Waals surface area contributed by atoms with Gasteiger partial charge in [-0.2, -0.15) is 0 Å². The number of hydrogen-bond donors (Lipinski definition) is 4. The predicted octanol–water partition coefficient (Wildman–Crippen LogP) is 1.50. The average Bonchev–Trinajstić information content (AvgIpc) is 2.29. The van der Waals surface area contributed by atoms with Crippen molar-refractivity contribution in [3.05, 3.63) is 23.8 Å². The molecule has 3 atom stereocenters. The van der Waals surface area contributed by atoms with E-state index in [1.54, 1.807) is 0 Å². The van der Waals surface area contributed by atoms with Gasteiger partial charge in [0.25, 0.3) is 0 Å². The number of phenolic OH excluding ortho intramolecular Hbond substituents is 2. The Bertz CT molecular complexity index is 354. The van der Waals surface area contributed by atoms with Gasteiger partial charge in [-0.05, 0) is 24.1 Å². The fourth-order valence-electron chi connectivity index (χ4n) is 1.59. The minimum Gasteiger partial charge on any atom is -0.508 e. The Balaban J connectivity index is 2.95. The molecule has 0 heterocycles. The van der Waals surface area contributed by atoms with Crippen molar-refractivity contribution >= 4 is 0 Å². The van der Waals surface area contributed by atoms with Gasteiger partial charge in [-0.15, -0.1) is 0 Å². The van der Waals surface area contributed by atoms with E-state index in [2.05, 4.69) is 0 Å². The van der Waals surface area contributed by atoms with E-state index < -0.39 is 12.1 Å². The Kier molecular flexibility index (Phi) is 4.15. The van der Waals surface area contributed by atoms with Gasteiger partial charge < -0.3 is 21.1 Å². The van der Waals surface area contributed by atoms with Crippen LogP contribution in [-0.4, -0.2) is 21.4 Å². The van der Waals surface area contributed by atoms with Gasteiger partial charge in [0.2, 0.25) is 0 Å². The zero-order valence-corrected chi connectivity index (χ0v) is 9.59. The summed E-state index contributed by atoms with van der Waals surface area (Å²) in [6, 6.07) is 3.43. The summed E-state index contributed by atoms with van der Waals surface area (Å²) in [5, 5.41) is 28.9. The SMILES string of the molecule is CCC(C)[C@H](O)[C@H](N)c1cc(O)ccc1O. The Morgan fingerprint density at radius 3 is 2.50 bits per heavy atom. The van der Waals surface area contributed by atoms with Crippen molar-refractivity contribution in [2.45, 2.75) is 32.4 Å². The second-order valence-corrected chi connectivity index (χ2v) is 4.15. The summed E-state index contributed by atoms with van der Waals surface area (Å²) >= 11 is 0. The lowest BCUT2D eigenvalue weighted by atomic mass is 9.91. The zero-order chi connectivity index (χ0) is 12.3. The van der Waals surface area contributed by atoms with E-state index >= 15 is 0 Å². The number of aromatic hydroxyl groups is 2. The molecule has 0 amide bonds. The van der Waals surface area contributed by atoms with Gasteiger partial charge in [0.1, 0.15) is 11.5 Å². The van der Waals surface area contributed by atoms with Crippen LogP contribution in [0.1, 0.15) is 31.9 Å². The quantitative estimate of drug-likeness (QED) is 0.585. The molecule has 1 rings (SSSR count). The Hall–Kier alpha value is -1.26. The molecule has 5 N–H and O–H groups in total. The Morgan fingerprint density at radius 1 is 1.31 bits per heavy atom. The van der Waals surface area contributed by atoms with Crippen LogP contribution in [0.25, 0.3) is 0 Å². The standard InChI is InChI=1S/C12H19NO3/c1-3-7(2)12(16)11(13)9-6-8(14)4-5-10(9)15/h4-7,11-12,14-16H,3,13H2,1-2H3/t7?,11-,12+/m1/s1. The lowest BCUT2D eigenvalue weighted by molar-refractivity contribution is 0.0870. The maximum absolute atomic E-state index is 9.94. The second-order valence-electron chi connectivity index (χ2n) is 4.15. The van der Waals surface area contributed by atoms with E-state index in [-0.39, 0.29) is 17.4 Å². The molecule has 0 radical (unpaired) electrons. The van der Waals surface area contributed by atoms with Crippen LogP contribution in [-0.2, 0) is 0 Å². The molecule has 0 aliphatic heterocycles. The average molecular weight is 225 g/mol. The lowest BCUT2D eigenvalue weighted by Crippen LogP contribution is -2.31. The fourth-order valence-corrected chi connectivity index (χ4v) is 1.59. The molecule has 1 unspecified atom stereocenters. The molecular weight excluding hydrogens is 206 g/mol. The highest BCUT2D eigenvalue weighted by atomic mass is 16.3. The first-order chi connectivity index (χ1) is 7.47. The minimum atomic E-state index is -0.738.